The van der Waals surface area contributed by atoms with Gasteiger partial charge in [0.05, 0.1) is 11.1 Å². The van der Waals surface area contributed by atoms with Crippen LogP contribution in [0.3, 0.4) is 0 Å². The van der Waals surface area contributed by atoms with Crippen LogP contribution in [-0.4, -0.2) is 18.7 Å². The van der Waals surface area contributed by atoms with E-state index in [1.807, 2.05) is 0 Å². The number of para-hydroxylation sites is 2. The maximum absolute atomic E-state index is 11.6. The Morgan fingerprint density at radius 1 is 0.750 bits per heavy atom. The number of hydrogen-bond acceptors (Lipinski definition) is 5. The van der Waals surface area contributed by atoms with Crippen molar-refractivity contribution in [2.75, 3.05) is 0 Å². The minimum Gasteiger partial charge on any atom is -0.394 e. The highest BCUT2D eigenvalue weighted by atomic mass is 16.7. The molecule has 0 spiro atoms. The summed E-state index contributed by atoms with van der Waals surface area (Å²) >= 11 is 0. The van der Waals surface area contributed by atoms with E-state index in [9.17, 15) is 14.4 Å². The fourth-order valence-corrected chi connectivity index (χ4v) is 1.54. The molecular formula is C15H10O5. The van der Waals surface area contributed by atoms with Crippen LogP contribution in [0.4, 0.5) is 4.79 Å². The average molecular weight is 270 g/mol. The molecule has 0 fully saturated rings. The normalized spacial score (nSPS) is 9.60. The highest BCUT2D eigenvalue weighted by Crippen LogP contribution is 2.19. The highest BCUT2D eigenvalue weighted by Gasteiger charge is 2.12. The van der Waals surface area contributed by atoms with Crippen molar-refractivity contribution < 1.29 is 23.9 Å². The second-order valence-corrected chi connectivity index (χ2v) is 3.77. The summed E-state index contributed by atoms with van der Waals surface area (Å²) < 4.78 is 9.86. The van der Waals surface area contributed by atoms with Crippen LogP contribution < -0.4 is 9.47 Å². The van der Waals surface area contributed by atoms with E-state index in [2.05, 4.69) is 0 Å². The summed E-state index contributed by atoms with van der Waals surface area (Å²) in [7, 11) is 0. The summed E-state index contributed by atoms with van der Waals surface area (Å²) in [4.78, 5) is 33.2. The lowest BCUT2D eigenvalue weighted by atomic mass is 10.2. The Morgan fingerprint density at radius 3 is 1.55 bits per heavy atom. The first-order valence-corrected chi connectivity index (χ1v) is 5.72. The Hall–Kier alpha value is -2.95. The lowest BCUT2D eigenvalue weighted by Crippen LogP contribution is -2.15. The molecule has 0 aliphatic rings. The van der Waals surface area contributed by atoms with Crippen LogP contribution in [0.1, 0.15) is 20.7 Å². The molecule has 2 rings (SSSR count). The largest absolute Gasteiger partial charge is 0.519 e. The van der Waals surface area contributed by atoms with Crippen LogP contribution in [0.15, 0.2) is 48.5 Å². The first kappa shape index (κ1) is 13.5. The van der Waals surface area contributed by atoms with Crippen molar-refractivity contribution in [1.29, 1.82) is 0 Å². The van der Waals surface area contributed by atoms with Gasteiger partial charge in [-0.2, -0.15) is 0 Å². The number of rotatable bonds is 4. The third-order valence-corrected chi connectivity index (χ3v) is 2.48. The van der Waals surface area contributed by atoms with Crippen molar-refractivity contribution in [3.05, 3.63) is 59.7 Å². The molecule has 0 saturated carbocycles. The maximum atomic E-state index is 11.6. The fourth-order valence-electron chi connectivity index (χ4n) is 1.54. The predicted molar refractivity (Wildman–Crippen MR) is 70.3 cm³/mol. The van der Waals surface area contributed by atoms with Gasteiger partial charge in [-0.1, -0.05) is 24.3 Å². The number of ether oxygens (including phenoxy) is 2. The van der Waals surface area contributed by atoms with Crippen molar-refractivity contribution in [1.82, 2.24) is 0 Å². The molecule has 2 aromatic rings. The Balaban J connectivity index is 2.13. The van der Waals surface area contributed by atoms with E-state index in [0.717, 1.165) is 0 Å². The molecule has 0 aliphatic heterocycles. The summed E-state index contributed by atoms with van der Waals surface area (Å²) in [6.07, 6.45) is 0.123. The lowest BCUT2D eigenvalue weighted by molar-refractivity contribution is 0.111. The molecule has 0 amide bonds. The SMILES string of the molecule is O=Cc1ccccc1OC(=O)Oc1ccccc1C=O. The summed E-state index contributed by atoms with van der Waals surface area (Å²) in [6.45, 7) is 0. The van der Waals surface area contributed by atoms with Crippen molar-refractivity contribution in [2.45, 2.75) is 0 Å². The van der Waals surface area contributed by atoms with Crippen molar-refractivity contribution in [3.8, 4) is 11.5 Å². The van der Waals surface area contributed by atoms with Crippen molar-refractivity contribution in [2.24, 2.45) is 0 Å². The van der Waals surface area contributed by atoms with Gasteiger partial charge in [0.25, 0.3) is 0 Å². The first-order valence-electron chi connectivity index (χ1n) is 5.72. The monoisotopic (exact) mass is 270 g/mol. The molecule has 0 atom stereocenters. The quantitative estimate of drug-likeness (QED) is 0.485. The molecule has 2 aromatic carbocycles. The molecule has 5 nitrogen and oxygen atoms in total. The highest BCUT2D eigenvalue weighted by molar-refractivity contribution is 5.83. The molecule has 0 N–H and O–H groups in total. The zero-order chi connectivity index (χ0) is 14.4. The van der Waals surface area contributed by atoms with Crippen LogP contribution in [0, 0.1) is 0 Å². The number of carbonyl (C=O) groups is 3. The maximum Gasteiger partial charge on any atom is 0.519 e. The number of benzene rings is 2. The molecule has 5 heteroatoms. The van der Waals surface area contributed by atoms with E-state index in [4.69, 9.17) is 9.47 Å². The fraction of sp³-hybridized carbons (Fsp3) is 0. The van der Waals surface area contributed by atoms with Gasteiger partial charge in [-0.05, 0) is 24.3 Å². The first-order chi connectivity index (χ1) is 9.74. The second kappa shape index (κ2) is 6.29. The lowest BCUT2D eigenvalue weighted by Gasteiger charge is -2.08. The Kier molecular flexibility index (Phi) is 4.24. The van der Waals surface area contributed by atoms with E-state index >= 15 is 0 Å². The van der Waals surface area contributed by atoms with E-state index in [-0.39, 0.29) is 22.6 Å². The van der Waals surface area contributed by atoms with Gasteiger partial charge in [0.1, 0.15) is 11.5 Å². The van der Waals surface area contributed by atoms with Crippen molar-refractivity contribution >= 4 is 18.7 Å². The van der Waals surface area contributed by atoms with Gasteiger partial charge in [0, 0.05) is 0 Å². The summed E-state index contributed by atoms with van der Waals surface area (Å²) in [5, 5.41) is 0. The summed E-state index contributed by atoms with van der Waals surface area (Å²) in [6, 6.07) is 12.5. The molecule has 100 valence electrons. The molecule has 0 aromatic heterocycles. The third kappa shape index (κ3) is 3.08. The Bertz CT molecular complexity index is 593. The summed E-state index contributed by atoms with van der Waals surface area (Å²) in [5.41, 5.74) is 0.459. The Labute approximate surface area is 114 Å². The van der Waals surface area contributed by atoms with Gasteiger partial charge >= 0.3 is 6.16 Å². The standard InChI is InChI=1S/C15H10O5/c16-9-11-5-1-3-7-13(11)19-15(18)20-14-8-4-2-6-12(14)10-17/h1-10H. The predicted octanol–water partition coefficient (Wildman–Crippen LogP) is 2.89. The van der Waals surface area contributed by atoms with Gasteiger partial charge in [0.15, 0.2) is 12.6 Å². The third-order valence-electron chi connectivity index (χ3n) is 2.48. The van der Waals surface area contributed by atoms with Gasteiger partial charge < -0.3 is 9.47 Å². The number of aldehydes is 2. The summed E-state index contributed by atoms with van der Waals surface area (Å²) in [5.74, 6) is 0.187. The molecule has 0 heterocycles. The van der Waals surface area contributed by atoms with E-state index in [1.165, 1.54) is 24.3 Å². The molecule has 0 aliphatic carbocycles. The minimum atomic E-state index is -1.02. The van der Waals surface area contributed by atoms with Gasteiger partial charge in [0.2, 0.25) is 0 Å². The molecule has 20 heavy (non-hydrogen) atoms. The van der Waals surface area contributed by atoms with Crippen LogP contribution in [-0.2, 0) is 0 Å². The number of carbonyl (C=O) groups excluding carboxylic acids is 3. The van der Waals surface area contributed by atoms with Crippen LogP contribution in [0.25, 0.3) is 0 Å². The molecule has 0 unspecified atom stereocenters. The topological polar surface area (TPSA) is 69.7 Å². The smallest absolute Gasteiger partial charge is 0.394 e. The van der Waals surface area contributed by atoms with Crippen LogP contribution >= 0.6 is 0 Å². The zero-order valence-corrected chi connectivity index (χ0v) is 10.3. The van der Waals surface area contributed by atoms with Gasteiger partial charge in [-0.15, -0.1) is 0 Å². The van der Waals surface area contributed by atoms with E-state index in [0.29, 0.717) is 12.6 Å². The molecule has 0 bridgehead atoms. The van der Waals surface area contributed by atoms with Crippen LogP contribution in [0.2, 0.25) is 0 Å². The average Bonchev–Trinajstić information content (AvgIpc) is 2.48. The molecule has 0 saturated heterocycles. The van der Waals surface area contributed by atoms with Crippen molar-refractivity contribution in [3.63, 3.8) is 0 Å². The van der Waals surface area contributed by atoms with Crippen LogP contribution in [0.5, 0.6) is 11.5 Å². The second-order valence-electron chi connectivity index (χ2n) is 3.77. The minimum absolute atomic E-state index is 0.0936. The Morgan fingerprint density at radius 2 is 1.15 bits per heavy atom. The van der Waals surface area contributed by atoms with E-state index < -0.39 is 6.16 Å². The molecular weight excluding hydrogens is 260 g/mol. The van der Waals surface area contributed by atoms with E-state index in [1.54, 1.807) is 24.3 Å². The number of hydrogen-bond donors (Lipinski definition) is 0. The van der Waals surface area contributed by atoms with Gasteiger partial charge in [-0.3, -0.25) is 9.59 Å². The zero-order valence-electron chi connectivity index (χ0n) is 10.3. The molecule has 0 radical (unpaired) electrons. The van der Waals surface area contributed by atoms with Gasteiger partial charge in [-0.25, -0.2) is 4.79 Å².